The lowest BCUT2D eigenvalue weighted by molar-refractivity contribution is -0.109. The summed E-state index contributed by atoms with van der Waals surface area (Å²) in [6.45, 7) is 13.6. The molecule has 0 saturated carbocycles. The van der Waals surface area contributed by atoms with Gasteiger partial charge in [0.25, 0.3) is 0 Å². The number of carbonyl (C=O) groups is 1. The summed E-state index contributed by atoms with van der Waals surface area (Å²) in [6.07, 6.45) is 1.83. The topological polar surface area (TPSA) is 26.3 Å². The summed E-state index contributed by atoms with van der Waals surface area (Å²) in [5.41, 5.74) is 0. The van der Waals surface area contributed by atoms with E-state index in [1.54, 1.807) is 6.92 Å². The summed E-state index contributed by atoms with van der Waals surface area (Å²) in [4.78, 5) is 10.7. The molecule has 104 valence electrons. The van der Waals surface area contributed by atoms with Gasteiger partial charge in [-0.3, -0.25) is 4.79 Å². The quantitative estimate of drug-likeness (QED) is 0.433. The molecule has 0 aliphatic rings. The van der Waals surface area contributed by atoms with E-state index in [9.17, 15) is 4.79 Å². The zero-order valence-corrected chi connectivity index (χ0v) is 14.4. The largest absolute Gasteiger partial charge is 0.417 e. The van der Waals surface area contributed by atoms with Crippen molar-refractivity contribution in [3.8, 4) is 11.8 Å². The van der Waals surface area contributed by atoms with E-state index in [1.807, 2.05) is 0 Å². The van der Waals surface area contributed by atoms with Crippen LogP contribution in [0.1, 0.15) is 40.5 Å². The predicted molar refractivity (Wildman–Crippen MR) is 83.3 cm³/mol. The van der Waals surface area contributed by atoms with Gasteiger partial charge in [-0.15, -0.1) is 5.92 Å². The minimum absolute atomic E-state index is 0.130. The van der Waals surface area contributed by atoms with Gasteiger partial charge in [0.15, 0.2) is 13.4 Å². The van der Waals surface area contributed by atoms with Gasteiger partial charge in [-0.2, -0.15) is 0 Å². The van der Waals surface area contributed by atoms with Crippen molar-refractivity contribution in [2.45, 2.75) is 58.7 Å². The van der Waals surface area contributed by atoms with Gasteiger partial charge in [-0.1, -0.05) is 38.5 Å². The molecule has 0 aliphatic heterocycles. The first kappa shape index (κ1) is 17.8. The van der Waals surface area contributed by atoms with Crippen LogP contribution in [0.25, 0.3) is 0 Å². The molecular weight excluding hydrogens is 260 g/mol. The summed E-state index contributed by atoms with van der Waals surface area (Å²) in [7, 11) is -1.59. The van der Waals surface area contributed by atoms with Crippen molar-refractivity contribution in [2.24, 2.45) is 0 Å². The first-order chi connectivity index (χ1) is 8.17. The molecule has 0 rings (SSSR count). The molecule has 0 heterocycles. The molecule has 0 aliphatic carbocycles. The monoisotopic (exact) mass is 286 g/mol. The average Bonchev–Trinajstić information content (AvgIpc) is 2.19. The lowest BCUT2D eigenvalue weighted by Crippen LogP contribution is -2.40. The van der Waals surface area contributed by atoms with Crippen LogP contribution in [0.5, 0.6) is 0 Å². The zero-order valence-electron chi connectivity index (χ0n) is 12.6. The van der Waals surface area contributed by atoms with Crippen LogP contribution >= 0.6 is 11.8 Å². The van der Waals surface area contributed by atoms with Crippen molar-refractivity contribution in [3.05, 3.63) is 0 Å². The third-order valence-electron chi connectivity index (χ3n) is 3.19. The number of thioether (sulfide) groups is 1. The maximum Gasteiger partial charge on any atom is 0.191 e. The van der Waals surface area contributed by atoms with E-state index in [0.717, 1.165) is 19.4 Å². The maximum absolute atomic E-state index is 10.7. The fourth-order valence-electron chi connectivity index (χ4n) is 0.982. The van der Waals surface area contributed by atoms with Crippen molar-refractivity contribution in [3.63, 3.8) is 0 Å². The summed E-state index contributed by atoms with van der Waals surface area (Å²) >= 11 is 1.27. The third-order valence-corrected chi connectivity index (χ3v) is 8.42. The van der Waals surface area contributed by atoms with Crippen molar-refractivity contribution >= 4 is 25.2 Å². The Labute approximate surface area is 117 Å². The standard InChI is InChI=1S/C14H26O2SSi/c1-13(15)17-12-10-8-7-9-11-16-18(5,6)14(2,3)4/h7,9,11-12H2,1-6H3. The highest BCUT2D eigenvalue weighted by Gasteiger charge is 2.36. The van der Waals surface area contributed by atoms with Crippen LogP contribution in [0.15, 0.2) is 0 Å². The number of hydrogen-bond donors (Lipinski definition) is 0. The van der Waals surface area contributed by atoms with E-state index in [-0.39, 0.29) is 10.2 Å². The molecule has 4 heteroatoms. The first-order valence-electron chi connectivity index (χ1n) is 6.40. The zero-order chi connectivity index (χ0) is 14.2. The van der Waals surface area contributed by atoms with Crippen LogP contribution < -0.4 is 0 Å². The Morgan fingerprint density at radius 1 is 1.28 bits per heavy atom. The molecule has 0 spiro atoms. The van der Waals surface area contributed by atoms with Crippen LogP contribution in [-0.4, -0.2) is 25.8 Å². The molecule has 0 atom stereocenters. The summed E-state index contributed by atoms with van der Waals surface area (Å²) < 4.78 is 6.05. The third kappa shape index (κ3) is 7.96. The second kappa shape index (κ2) is 8.03. The molecule has 0 amide bonds. The molecule has 2 nitrogen and oxygen atoms in total. The minimum Gasteiger partial charge on any atom is -0.417 e. The number of hydrogen-bond acceptors (Lipinski definition) is 3. The Hall–Kier alpha value is -0.243. The van der Waals surface area contributed by atoms with Gasteiger partial charge < -0.3 is 4.43 Å². The number of rotatable bonds is 5. The number of carbonyl (C=O) groups excluding carboxylic acids is 1. The van der Waals surface area contributed by atoms with Crippen LogP contribution in [0.3, 0.4) is 0 Å². The van der Waals surface area contributed by atoms with Crippen molar-refractivity contribution in [1.82, 2.24) is 0 Å². The SMILES string of the molecule is CC(=O)SCC#CCCCO[Si](C)(C)C(C)(C)C. The summed E-state index contributed by atoms with van der Waals surface area (Å²) in [5, 5.41) is 0.405. The summed E-state index contributed by atoms with van der Waals surface area (Å²) in [5.74, 6) is 6.68. The lowest BCUT2D eigenvalue weighted by Gasteiger charge is -2.36. The number of unbranched alkanes of at least 4 members (excludes halogenated alkanes) is 1. The molecule has 0 aromatic heterocycles. The van der Waals surface area contributed by atoms with Crippen molar-refractivity contribution in [2.75, 3.05) is 12.4 Å². The average molecular weight is 287 g/mol. The molecular formula is C14H26O2SSi. The van der Waals surface area contributed by atoms with Crippen LogP contribution in [0, 0.1) is 11.8 Å². The lowest BCUT2D eigenvalue weighted by atomic mass is 10.2. The molecule has 0 fully saturated rings. The van der Waals surface area contributed by atoms with Gasteiger partial charge in [-0.25, -0.2) is 0 Å². The van der Waals surface area contributed by atoms with E-state index < -0.39 is 8.32 Å². The molecule has 0 saturated heterocycles. The molecule has 0 unspecified atom stereocenters. The first-order valence-corrected chi connectivity index (χ1v) is 10.3. The highest BCUT2D eigenvalue weighted by Crippen LogP contribution is 2.36. The Kier molecular flexibility index (Phi) is 7.93. The van der Waals surface area contributed by atoms with Gasteiger partial charge in [0.2, 0.25) is 0 Å². The van der Waals surface area contributed by atoms with E-state index in [4.69, 9.17) is 4.43 Å². The predicted octanol–water partition coefficient (Wildman–Crippen LogP) is 4.07. The van der Waals surface area contributed by atoms with Gasteiger partial charge in [0, 0.05) is 20.0 Å². The van der Waals surface area contributed by atoms with E-state index in [0.29, 0.717) is 5.75 Å². The molecule has 0 bridgehead atoms. The molecule has 18 heavy (non-hydrogen) atoms. The Morgan fingerprint density at radius 3 is 2.39 bits per heavy atom. The van der Waals surface area contributed by atoms with Gasteiger partial charge >= 0.3 is 0 Å². The highest BCUT2D eigenvalue weighted by molar-refractivity contribution is 8.13. The van der Waals surface area contributed by atoms with Gasteiger partial charge in [0.1, 0.15) is 0 Å². The summed E-state index contributed by atoms with van der Waals surface area (Å²) in [6, 6.07) is 0. The van der Waals surface area contributed by atoms with Crippen molar-refractivity contribution < 1.29 is 9.22 Å². The fourth-order valence-corrected chi connectivity index (χ4v) is 2.45. The minimum atomic E-state index is -1.59. The van der Waals surface area contributed by atoms with E-state index in [2.05, 4.69) is 45.7 Å². The molecule has 0 radical (unpaired) electrons. The van der Waals surface area contributed by atoms with E-state index in [1.165, 1.54) is 11.8 Å². The van der Waals surface area contributed by atoms with Crippen LogP contribution in [-0.2, 0) is 9.22 Å². The second-order valence-corrected chi connectivity index (χ2v) is 11.8. The normalized spacial score (nSPS) is 11.9. The fraction of sp³-hybridized carbons (Fsp3) is 0.786. The second-order valence-electron chi connectivity index (χ2n) is 5.85. The Morgan fingerprint density at radius 2 is 1.89 bits per heavy atom. The molecule has 0 aromatic carbocycles. The van der Waals surface area contributed by atoms with Gasteiger partial charge in [0.05, 0.1) is 5.75 Å². The Bertz CT molecular complexity index is 321. The van der Waals surface area contributed by atoms with E-state index >= 15 is 0 Å². The van der Waals surface area contributed by atoms with Crippen molar-refractivity contribution in [1.29, 1.82) is 0 Å². The smallest absolute Gasteiger partial charge is 0.191 e. The Balaban J connectivity index is 3.72. The molecule has 0 aromatic rings. The molecule has 0 N–H and O–H groups in total. The maximum atomic E-state index is 10.7. The van der Waals surface area contributed by atoms with Crippen LogP contribution in [0.4, 0.5) is 0 Å². The van der Waals surface area contributed by atoms with Gasteiger partial charge in [-0.05, 0) is 24.6 Å². The van der Waals surface area contributed by atoms with Crippen LogP contribution in [0.2, 0.25) is 18.1 Å². The highest BCUT2D eigenvalue weighted by atomic mass is 32.2.